The largest absolute Gasteiger partial charge is 0.309 e. The quantitative estimate of drug-likeness (QED) is 0.150. The van der Waals surface area contributed by atoms with Crippen LogP contribution in [-0.4, -0.2) is 24.1 Å². The van der Waals surface area contributed by atoms with Crippen molar-refractivity contribution in [3.63, 3.8) is 0 Å². The van der Waals surface area contributed by atoms with E-state index in [4.69, 9.17) is 21.5 Å². The monoisotopic (exact) mass is 928 g/mol. The molecule has 3 aromatic heterocycles. The molecule has 0 atom stereocenters. The average Bonchev–Trinajstić information content (AvgIpc) is 3.92. The Morgan fingerprint density at radius 2 is 0.750 bits per heavy atom. The summed E-state index contributed by atoms with van der Waals surface area (Å²) in [5.74, 6) is 1.76. The van der Waals surface area contributed by atoms with E-state index in [0.29, 0.717) is 23.2 Å². The molecule has 72 heavy (non-hydrogen) atoms. The van der Waals surface area contributed by atoms with E-state index < -0.39 is 0 Å². The smallest absolute Gasteiger partial charge is 0.194 e. The summed E-state index contributed by atoms with van der Waals surface area (Å²) in [7, 11) is 0. The van der Waals surface area contributed by atoms with Gasteiger partial charge in [0.1, 0.15) is 0 Å². The predicted octanol–water partition coefficient (Wildman–Crippen LogP) is 17.5. The number of aromatic nitrogens is 5. The van der Waals surface area contributed by atoms with Crippen molar-refractivity contribution in [3.8, 4) is 67.8 Å². The number of nitrogens with zero attached hydrogens (tertiary/aromatic N) is 6. The van der Waals surface area contributed by atoms with Crippen LogP contribution >= 0.6 is 0 Å². The number of para-hydroxylation sites is 3. The second kappa shape index (κ2) is 17.2. The molecule has 6 nitrogen and oxygen atoms in total. The first-order valence-corrected chi connectivity index (χ1v) is 24.6. The molecule has 6 heteroatoms. The second-order valence-corrected chi connectivity index (χ2v) is 20.8. The minimum absolute atomic E-state index is 0.0401. The van der Waals surface area contributed by atoms with Gasteiger partial charge in [-0.2, -0.15) is 0 Å². The van der Waals surface area contributed by atoms with Crippen LogP contribution in [0.25, 0.3) is 116 Å². The molecule has 3 heterocycles. The highest BCUT2D eigenvalue weighted by Gasteiger charge is 2.25. The van der Waals surface area contributed by atoms with Crippen LogP contribution < -0.4 is 0 Å². The lowest BCUT2D eigenvalue weighted by atomic mass is 9.86. The Morgan fingerprint density at radius 3 is 1.24 bits per heavy atom. The predicted molar refractivity (Wildman–Crippen MR) is 299 cm³/mol. The summed E-state index contributed by atoms with van der Waals surface area (Å²) in [5, 5.41) is 4.76. The molecule has 9 aromatic carbocycles. The fourth-order valence-electron chi connectivity index (χ4n) is 10.4. The van der Waals surface area contributed by atoms with Gasteiger partial charge in [-0.05, 0) is 99.8 Å². The van der Waals surface area contributed by atoms with E-state index in [1.807, 2.05) is 78.9 Å². The Kier molecular flexibility index (Phi) is 10.6. The van der Waals surface area contributed by atoms with Crippen LogP contribution in [0.3, 0.4) is 0 Å². The molecule has 0 bridgehead atoms. The summed E-state index contributed by atoms with van der Waals surface area (Å²) in [6.45, 7) is 21.9. The maximum Gasteiger partial charge on any atom is 0.194 e. The lowest BCUT2D eigenvalue weighted by molar-refractivity contribution is 0.591. The first-order valence-electron chi connectivity index (χ1n) is 24.6. The van der Waals surface area contributed by atoms with Crippen LogP contribution in [0.2, 0.25) is 0 Å². The zero-order chi connectivity index (χ0) is 49.3. The highest BCUT2D eigenvalue weighted by atomic mass is 15.0. The fraction of sp³-hybridized carbons (Fsp3) is 0.121. The molecular formula is C66H52N6. The zero-order valence-electron chi connectivity index (χ0n) is 41.3. The highest BCUT2D eigenvalue weighted by Crippen LogP contribution is 2.45. The Labute approximate surface area is 420 Å². The third-order valence-corrected chi connectivity index (χ3v) is 14.1. The number of benzene rings is 9. The fourth-order valence-corrected chi connectivity index (χ4v) is 10.4. The van der Waals surface area contributed by atoms with Gasteiger partial charge in [-0.3, -0.25) is 0 Å². The van der Waals surface area contributed by atoms with E-state index in [1.54, 1.807) is 0 Å². The first kappa shape index (κ1) is 44.3. The van der Waals surface area contributed by atoms with E-state index in [2.05, 4.69) is 183 Å². The SMILES string of the molecule is [C-]#[N+]c1ccccc1-c1ccc(-n2c3ccccc3c3cc(C(C)(C)C)ccc32)c(-c2cc(-c3nc(-c4ccccc4)nc(-c4ccccc4)n3)ccc2-n2c3ccccc3c3cc(C(C)(C)C)ccc32)c1. The summed E-state index contributed by atoms with van der Waals surface area (Å²) in [5.41, 5.74) is 16.0. The molecule has 0 radical (unpaired) electrons. The van der Waals surface area contributed by atoms with Crippen molar-refractivity contribution in [1.29, 1.82) is 0 Å². The minimum Gasteiger partial charge on any atom is -0.309 e. The highest BCUT2D eigenvalue weighted by molar-refractivity contribution is 6.12. The van der Waals surface area contributed by atoms with Crippen LogP contribution in [-0.2, 0) is 10.8 Å². The summed E-state index contributed by atoms with van der Waals surface area (Å²) >= 11 is 0. The molecule has 0 unspecified atom stereocenters. The molecule has 0 aliphatic rings. The molecular weight excluding hydrogens is 877 g/mol. The van der Waals surface area contributed by atoms with E-state index in [1.165, 1.54) is 32.7 Å². The first-order chi connectivity index (χ1) is 34.9. The van der Waals surface area contributed by atoms with Crippen molar-refractivity contribution < 1.29 is 0 Å². The second-order valence-electron chi connectivity index (χ2n) is 20.8. The van der Waals surface area contributed by atoms with Crippen LogP contribution in [0.15, 0.2) is 206 Å². The Bertz CT molecular complexity index is 4060. The summed E-state index contributed by atoms with van der Waals surface area (Å²) < 4.78 is 4.86. The molecule has 0 N–H and O–H groups in total. The molecule has 0 saturated heterocycles. The van der Waals surface area contributed by atoms with Crippen molar-refractivity contribution in [2.24, 2.45) is 0 Å². The van der Waals surface area contributed by atoms with Crippen LogP contribution in [0.4, 0.5) is 5.69 Å². The summed E-state index contributed by atoms with van der Waals surface area (Å²) in [6, 6.07) is 73.0. The van der Waals surface area contributed by atoms with Crippen LogP contribution in [0.1, 0.15) is 52.7 Å². The molecule has 346 valence electrons. The van der Waals surface area contributed by atoms with Gasteiger partial charge in [0.25, 0.3) is 0 Å². The number of hydrogen-bond acceptors (Lipinski definition) is 3. The standard InChI is InChI=1S/C66H52N6/c1-65(2,3)46-32-36-60-53(40-46)49-25-15-18-28-56(49)71(60)58-34-30-44(48-24-14-17-27-55(48)67-7)38-51(58)52-39-45(64-69-62(42-20-10-8-11-21-42)68-63(70-64)43-22-12-9-13-23-43)31-35-59(52)72-57-29-19-16-26-50(57)54-41-47(66(4,5)6)33-37-61(54)72/h8-41H,1-6H3. The van der Waals surface area contributed by atoms with Gasteiger partial charge in [-0.1, -0.05) is 181 Å². The van der Waals surface area contributed by atoms with E-state index in [9.17, 15) is 0 Å². The van der Waals surface area contributed by atoms with E-state index >= 15 is 0 Å². The van der Waals surface area contributed by atoms with E-state index in [0.717, 1.165) is 72.4 Å². The van der Waals surface area contributed by atoms with Crippen molar-refractivity contribution in [2.45, 2.75) is 52.4 Å². The van der Waals surface area contributed by atoms with Gasteiger partial charge in [0.2, 0.25) is 0 Å². The molecule has 0 amide bonds. The third kappa shape index (κ3) is 7.62. The molecule has 12 aromatic rings. The third-order valence-electron chi connectivity index (χ3n) is 14.1. The van der Waals surface area contributed by atoms with Gasteiger partial charge in [0, 0.05) is 49.4 Å². The Hall–Kier alpha value is -8.92. The lowest BCUT2D eigenvalue weighted by Gasteiger charge is -2.22. The normalized spacial score (nSPS) is 12.0. The molecule has 0 saturated carbocycles. The minimum atomic E-state index is -0.0428. The van der Waals surface area contributed by atoms with Crippen molar-refractivity contribution in [1.82, 2.24) is 24.1 Å². The number of hydrogen-bond donors (Lipinski definition) is 0. The van der Waals surface area contributed by atoms with E-state index in [-0.39, 0.29) is 10.8 Å². The maximum atomic E-state index is 8.27. The van der Waals surface area contributed by atoms with Gasteiger partial charge >= 0.3 is 0 Å². The lowest BCUT2D eigenvalue weighted by Crippen LogP contribution is -2.10. The van der Waals surface area contributed by atoms with Crippen LogP contribution in [0.5, 0.6) is 0 Å². The topological polar surface area (TPSA) is 52.9 Å². The summed E-state index contributed by atoms with van der Waals surface area (Å²) in [6.07, 6.45) is 0. The Morgan fingerprint density at radius 1 is 0.347 bits per heavy atom. The average molecular weight is 929 g/mol. The van der Waals surface area contributed by atoms with Gasteiger partial charge in [-0.15, -0.1) is 0 Å². The van der Waals surface area contributed by atoms with Gasteiger partial charge in [0.15, 0.2) is 23.2 Å². The molecule has 0 fully saturated rings. The molecule has 0 aliphatic carbocycles. The summed E-state index contributed by atoms with van der Waals surface area (Å²) in [4.78, 5) is 19.6. The van der Waals surface area contributed by atoms with Crippen molar-refractivity contribution in [2.75, 3.05) is 0 Å². The molecule has 0 aliphatic heterocycles. The van der Waals surface area contributed by atoms with Gasteiger partial charge in [0.05, 0.1) is 40.0 Å². The van der Waals surface area contributed by atoms with Gasteiger partial charge < -0.3 is 9.13 Å². The zero-order valence-corrected chi connectivity index (χ0v) is 41.3. The molecule has 12 rings (SSSR count). The Balaban J connectivity index is 1.22. The number of rotatable bonds is 7. The van der Waals surface area contributed by atoms with Gasteiger partial charge in [-0.25, -0.2) is 19.8 Å². The van der Waals surface area contributed by atoms with Crippen molar-refractivity contribution >= 4 is 49.3 Å². The molecule has 0 spiro atoms. The van der Waals surface area contributed by atoms with Crippen molar-refractivity contribution in [3.05, 3.63) is 229 Å². The van der Waals surface area contributed by atoms with Crippen LogP contribution in [0, 0.1) is 6.57 Å². The maximum absolute atomic E-state index is 8.27. The number of fused-ring (bicyclic) bond motifs is 6.